The van der Waals surface area contributed by atoms with Crippen LogP contribution in [0.1, 0.15) is 5.56 Å². The highest BCUT2D eigenvalue weighted by Gasteiger charge is 2.10. The Labute approximate surface area is 116 Å². The van der Waals surface area contributed by atoms with Crippen molar-refractivity contribution in [2.45, 2.75) is 6.54 Å². The van der Waals surface area contributed by atoms with E-state index in [9.17, 15) is 0 Å². The highest BCUT2D eigenvalue weighted by Crippen LogP contribution is 2.20. The minimum Gasteiger partial charge on any atom is -0.497 e. The van der Waals surface area contributed by atoms with Gasteiger partial charge in [0.15, 0.2) is 11.5 Å². The van der Waals surface area contributed by atoms with Gasteiger partial charge in [0.2, 0.25) is 0 Å². The van der Waals surface area contributed by atoms with Crippen LogP contribution in [-0.2, 0) is 6.54 Å². The van der Waals surface area contributed by atoms with E-state index in [0.29, 0.717) is 5.65 Å². The summed E-state index contributed by atoms with van der Waals surface area (Å²) in [5, 5.41) is 0. The summed E-state index contributed by atoms with van der Waals surface area (Å²) >= 11 is 0. The number of ether oxygens (including phenoxy) is 1. The van der Waals surface area contributed by atoms with Gasteiger partial charge in [0, 0.05) is 13.6 Å². The van der Waals surface area contributed by atoms with Crippen molar-refractivity contribution in [1.29, 1.82) is 0 Å². The summed E-state index contributed by atoms with van der Waals surface area (Å²) in [6.07, 6.45) is 3.16. The monoisotopic (exact) mass is 269 g/mol. The Morgan fingerprint density at radius 3 is 2.70 bits per heavy atom. The molecule has 0 fully saturated rings. The Morgan fingerprint density at radius 2 is 1.95 bits per heavy atom. The van der Waals surface area contributed by atoms with Gasteiger partial charge in [-0.2, -0.15) is 0 Å². The molecule has 0 amide bonds. The number of imidazole rings is 1. The Morgan fingerprint density at radius 1 is 1.15 bits per heavy atom. The molecule has 0 unspecified atom stereocenters. The largest absolute Gasteiger partial charge is 0.497 e. The Hall–Kier alpha value is -2.63. The summed E-state index contributed by atoms with van der Waals surface area (Å²) in [7, 11) is 3.66. The van der Waals surface area contributed by atoms with E-state index in [1.54, 1.807) is 13.4 Å². The summed E-state index contributed by atoms with van der Waals surface area (Å²) in [6.45, 7) is 0.745. The molecule has 1 aromatic carbocycles. The zero-order valence-electron chi connectivity index (χ0n) is 11.4. The summed E-state index contributed by atoms with van der Waals surface area (Å²) in [4.78, 5) is 17.7. The molecule has 0 saturated carbocycles. The van der Waals surface area contributed by atoms with Crippen molar-refractivity contribution in [3.63, 3.8) is 0 Å². The normalized spacial score (nSPS) is 10.7. The predicted octanol–water partition coefficient (Wildman–Crippen LogP) is 2.00. The molecule has 102 valence electrons. The van der Waals surface area contributed by atoms with Gasteiger partial charge in [0.05, 0.1) is 13.4 Å². The molecule has 0 saturated heterocycles. The third-order valence-corrected chi connectivity index (χ3v) is 3.14. The van der Waals surface area contributed by atoms with Gasteiger partial charge in [-0.1, -0.05) is 12.1 Å². The van der Waals surface area contributed by atoms with Crippen molar-refractivity contribution >= 4 is 17.0 Å². The van der Waals surface area contributed by atoms with E-state index in [0.717, 1.165) is 23.6 Å². The molecule has 0 radical (unpaired) electrons. The van der Waals surface area contributed by atoms with Crippen LogP contribution in [0.3, 0.4) is 0 Å². The second kappa shape index (κ2) is 5.16. The number of hydrogen-bond acceptors (Lipinski definition) is 5. The molecule has 0 aliphatic carbocycles. The van der Waals surface area contributed by atoms with Crippen LogP contribution in [0, 0.1) is 0 Å². The van der Waals surface area contributed by atoms with Crippen LogP contribution in [0.15, 0.2) is 36.9 Å². The van der Waals surface area contributed by atoms with Crippen LogP contribution in [0.25, 0.3) is 11.2 Å². The van der Waals surface area contributed by atoms with Crippen LogP contribution in [0.4, 0.5) is 5.82 Å². The SMILES string of the molecule is COc1ccc(CN(C)c2ncnc3nc[nH]c23)cc1. The number of anilines is 1. The third-order valence-electron chi connectivity index (χ3n) is 3.14. The van der Waals surface area contributed by atoms with E-state index >= 15 is 0 Å². The number of hydrogen-bond donors (Lipinski definition) is 1. The highest BCUT2D eigenvalue weighted by atomic mass is 16.5. The lowest BCUT2D eigenvalue weighted by Crippen LogP contribution is -2.18. The van der Waals surface area contributed by atoms with Crippen molar-refractivity contribution in [3.8, 4) is 5.75 Å². The molecule has 0 bridgehead atoms. The second-order valence-corrected chi connectivity index (χ2v) is 4.50. The molecule has 3 aromatic rings. The van der Waals surface area contributed by atoms with Crippen LogP contribution in [0.5, 0.6) is 5.75 Å². The Balaban J connectivity index is 1.84. The minimum atomic E-state index is 0.677. The molecule has 1 N–H and O–H groups in total. The molecular weight excluding hydrogens is 254 g/mol. The standard InChI is InChI=1S/C14H15N5O/c1-19(7-10-3-5-11(20-2)6-4-10)14-12-13(16-8-15-12)17-9-18-14/h3-6,8-9H,7H2,1-2H3,(H,15,16,17,18). The van der Waals surface area contributed by atoms with E-state index in [1.165, 1.54) is 11.9 Å². The van der Waals surface area contributed by atoms with E-state index in [1.807, 2.05) is 31.3 Å². The molecule has 0 aliphatic rings. The first-order chi connectivity index (χ1) is 9.78. The van der Waals surface area contributed by atoms with Gasteiger partial charge < -0.3 is 14.6 Å². The zero-order valence-corrected chi connectivity index (χ0v) is 11.4. The minimum absolute atomic E-state index is 0.677. The lowest BCUT2D eigenvalue weighted by Gasteiger charge is -2.18. The summed E-state index contributed by atoms with van der Waals surface area (Å²) < 4.78 is 5.16. The average molecular weight is 269 g/mol. The third kappa shape index (κ3) is 2.27. The lowest BCUT2D eigenvalue weighted by atomic mass is 10.2. The smallest absolute Gasteiger partial charge is 0.182 e. The van der Waals surface area contributed by atoms with Crippen LogP contribution >= 0.6 is 0 Å². The van der Waals surface area contributed by atoms with Crippen LogP contribution in [-0.4, -0.2) is 34.1 Å². The maximum absolute atomic E-state index is 5.16. The van der Waals surface area contributed by atoms with Gasteiger partial charge in [0.25, 0.3) is 0 Å². The zero-order chi connectivity index (χ0) is 13.9. The van der Waals surface area contributed by atoms with Gasteiger partial charge in [0.1, 0.15) is 17.6 Å². The number of benzene rings is 1. The van der Waals surface area contributed by atoms with E-state index in [-0.39, 0.29) is 0 Å². The summed E-state index contributed by atoms with van der Waals surface area (Å²) in [6, 6.07) is 7.99. The summed E-state index contributed by atoms with van der Waals surface area (Å²) in [5.74, 6) is 1.69. The average Bonchev–Trinajstić information content (AvgIpc) is 2.96. The van der Waals surface area contributed by atoms with Gasteiger partial charge in [-0.05, 0) is 17.7 Å². The number of rotatable bonds is 4. The fraction of sp³-hybridized carbons (Fsp3) is 0.214. The molecule has 0 atom stereocenters. The molecule has 0 aliphatic heterocycles. The number of aromatic nitrogens is 4. The number of nitrogens with zero attached hydrogens (tertiary/aromatic N) is 4. The molecule has 0 spiro atoms. The molecule has 3 rings (SSSR count). The molecular formula is C14H15N5O. The number of methoxy groups -OCH3 is 1. The predicted molar refractivity (Wildman–Crippen MR) is 76.8 cm³/mol. The summed E-state index contributed by atoms with van der Waals surface area (Å²) in [5.41, 5.74) is 2.71. The molecule has 2 aromatic heterocycles. The first kappa shape index (κ1) is 12.4. The van der Waals surface area contributed by atoms with E-state index < -0.39 is 0 Å². The second-order valence-electron chi connectivity index (χ2n) is 4.50. The van der Waals surface area contributed by atoms with Gasteiger partial charge in [-0.3, -0.25) is 0 Å². The first-order valence-corrected chi connectivity index (χ1v) is 6.26. The maximum Gasteiger partial charge on any atom is 0.182 e. The maximum atomic E-state index is 5.16. The van der Waals surface area contributed by atoms with Crippen molar-refractivity contribution < 1.29 is 4.74 Å². The lowest BCUT2D eigenvalue weighted by molar-refractivity contribution is 0.414. The fourth-order valence-electron chi connectivity index (χ4n) is 2.12. The van der Waals surface area contributed by atoms with Crippen LogP contribution < -0.4 is 9.64 Å². The van der Waals surface area contributed by atoms with Crippen molar-refractivity contribution in [2.24, 2.45) is 0 Å². The van der Waals surface area contributed by atoms with E-state index in [2.05, 4.69) is 24.8 Å². The van der Waals surface area contributed by atoms with Crippen molar-refractivity contribution in [1.82, 2.24) is 19.9 Å². The molecule has 2 heterocycles. The van der Waals surface area contributed by atoms with Crippen molar-refractivity contribution in [2.75, 3.05) is 19.1 Å². The number of nitrogens with one attached hydrogen (secondary N) is 1. The quantitative estimate of drug-likeness (QED) is 0.784. The number of H-pyrrole nitrogens is 1. The van der Waals surface area contributed by atoms with Crippen LogP contribution in [0.2, 0.25) is 0 Å². The molecule has 20 heavy (non-hydrogen) atoms. The highest BCUT2D eigenvalue weighted by molar-refractivity contribution is 5.82. The van der Waals surface area contributed by atoms with Gasteiger partial charge in [-0.25, -0.2) is 15.0 Å². The van der Waals surface area contributed by atoms with Gasteiger partial charge in [-0.15, -0.1) is 0 Å². The van der Waals surface area contributed by atoms with Crippen molar-refractivity contribution in [3.05, 3.63) is 42.5 Å². The fourth-order valence-corrected chi connectivity index (χ4v) is 2.12. The molecule has 6 nitrogen and oxygen atoms in total. The Kier molecular flexibility index (Phi) is 3.20. The number of fused-ring (bicyclic) bond motifs is 1. The first-order valence-electron chi connectivity index (χ1n) is 6.26. The molecule has 6 heteroatoms. The number of aromatic amines is 1. The van der Waals surface area contributed by atoms with E-state index in [4.69, 9.17) is 4.74 Å². The topological polar surface area (TPSA) is 66.9 Å². The van der Waals surface area contributed by atoms with Gasteiger partial charge >= 0.3 is 0 Å². The Bertz CT molecular complexity index is 707.